The molecule has 0 bridgehead atoms. The topological polar surface area (TPSA) is 29.5 Å². The van der Waals surface area contributed by atoms with E-state index < -0.39 is 0 Å². The van der Waals surface area contributed by atoms with Crippen LogP contribution in [-0.2, 0) is 10.3 Å². The fourth-order valence-electron chi connectivity index (χ4n) is 3.07. The average Bonchev–Trinajstić information content (AvgIpc) is 2.63. The maximum Gasteiger partial charge on any atom is 0.118 e. The van der Waals surface area contributed by atoms with Crippen LogP contribution in [0.2, 0.25) is 0 Å². The molecule has 0 saturated heterocycles. The summed E-state index contributed by atoms with van der Waals surface area (Å²) in [6, 6.07) is 21.0. The highest BCUT2D eigenvalue weighted by Gasteiger charge is 2.33. The van der Waals surface area contributed by atoms with Crippen LogP contribution in [0.4, 0.5) is 0 Å². The molecule has 0 unspecified atom stereocenters. The quantitative estimate of drug-likeness (QED) is 0.632. The number of aliphatic hydroxyl groups excluding tert-OH is 1. The molecule has 0 aliphatic carbocycles. The van der Waals surface area contributed by atoms with Crippen LogP contribution in [0.15, 0.2) is 60.7 Å². The molecule has 0 atom stereocenters. The maximum absolute atomic E-state index is 8.86. The molecule has 0 saturated carbocycles. The number of ether oxygens (including phenoxy) is 1. The smallest absolute Gasteiger partial charge is 0.118 e. The Morgan fingerprint density at radius 3 is 1.78 bits per heavy atom. The van der Waals surface area contributed by atoms with Gasteiger partial charge in [-0.25, -0.2) is 0 Å². The molecule has 1 N–H and O–H groups in total. The Morgan fingerprint density at radius 2 is 1.30 bits per heavy atom. The van der Waals surface area contributed by atoms with E-state index in [1.807, 2.05) is 12.1 Å². The first kappa shape index (κ1) is 17.7. The number of hydrogen-bond acceptors (Lipinski definition) is 2. The van der Waals surface area contributed by atoms with Crippen LogP contribution >= 0.6 is 0 Å². The van der Waals surface area contributed by atoms with Gasteiger partial charge in [-0.15, -0.1) is 0 Å². The van der Waals surface area contributed by atoms with Gasteiger partial charge < -0.3 is 9.84 Å². The molecule has 2 nitrogen and oxygen atoms in total. The lowest BCUT2D eigenvalue weighted by atomic mass is 9.84. The standard InChI is InChI=1S/C21H28O2/c1-2-21(19-13-7-5-8-14-19,20-15-9-6-10-16-20)23-18-12-4-3-11-17-22/h5-10,13-16,22H,2-4,11-12,17-18H2,1H3. The van der Waals surface area contributed by atoms with Crippen LogP contribution in [0.3, 0.4) is 0 Å². The van der Waals surface area contributed by atoms with Crippen molar-refractivity contribution in [3.05, 3.63) is 71.8 Å². The summed E-state index contributed by atoms with van der Waals surface area (Å²) in [5.74, 6) is 0. The van der Waals surface area contributed by atoms with Gasteiger partial charge in [0.05, 0.1) is 0 Å². The molecule has 0 fully saturated rings. The summed E-state index contributed by atoms with van der Waals surface area (Å²) in [5, 5.41) is 8.86. The predicted molar refractivity (Wildman–Crippen MR) is 95.5 cm³/mol. The van der Waals surface area contributed by atoms with Crippen LogP contribution in [0, 0.1) is 0 Å². The minimum absolute atomic E-state index is 0.286. The van der Waals surface area contributed by atoms with E-state index in [-0.39, 0.29) is 12.2 Å². The third-order valence-corrected chi connectivity index (χ3v) is 4.38. The van der Waals surface area contributed by atoms with Crippen LogP contribution in [0.1, 0.15) is 50.2 Å². The molecule has 2 aromatic carbocycles. The van der Waals surface area contributed by atoms with Crippen molar-refractivity contribution >= 4 is 0 Å². The Bertz CT molecular complexity index is 497. The molecule has 0 amide bonds. The maximum atomic E-state index is 8.86. The molecule has 2 rings (SSSR count). The van der Waals surface area contributed by atoms with Gasteiger partial charge in [-0.2, -0.15) is 0 Å². The number of benzene rings is 2. The van der Waals surface area contributed by atoms with E-state index in [2.05, 4.69) is 55.5 Å². The van der Waals surface area contributed by atoms with Crippen molar-refractivity contribution in [1.82, 2.24) is 0 Å². The summed E-state index contributed by atoms with van der Waals surface area (Å²) in [6.45, 7) is 3.21. The Hall–Kier alpha value is -1.64. The fourth-order valence-corrected chi connectivity index (χ4v) is 3.07. The molecule has 0 radical (unpaired) electrons. The van der Waals surface area contributed by atoms with Crippen molar-refractivity contribution in [1.29, 1.82) is 0 Å². The van der Waals surface area contributed by atoms with Gasteiger partial charge in [0, 0.05) is 13.2 Å². The second-order valence-electron chi connectivity index (χ2n) is 5.90. The Morgan fingerprint density at radius 1 is 0.783 bits per heavy atom. The normalized spacial score (nSPS) is 11.6. The van der Waals surface area contributed by atoms with E-state index in [0.717, 1.165) is 38.7 Å². The molecule has 0 heterocycles. The summed E-state index contributed by atoms with van der Waals surface area (Å²) in [6.07, 6.45) is 4.98. The van der Waals surface area contributed by atoms with Gasteiger partial charge >= 0.3 is 0 Å². The Labute approximate surface area is 140 Å². The van der Waals surface area contributed by atoms with Gasteiger partial charge in [-0.1, -0.05) is 80.4 Å². The van der Waals surface area contributed by atoms with Crippen molar-refractivity contribution in [3.63, 3.8) is 0 Å². The second kappa shape index (κ2) is 9.49. The Balaban J connectivity index is 2.15. The zero-order chi connectivity index (χ0) is 16.4. The third-order valence-electron chi connectivity index (χ3n) is 4.38. The molecule has 0 aliphatic rings. The minimum atomic E-state index is -0.375. The molecule has 0 spiro atoms. The number of aliphatic hydroxyl groups is 1. The van der Waals surface area contributed by atoms with Gasteiger partial charge in [-0.3, -0.25) is 0 Å². The van der Waals surface area contributed by atoms with Gasteiger partial charge in [0.2, 0.25) is 0 Å². The molecular formula is C21H28O2. The zero-order valence-corrected chi connectivity index (χ0v) is 14.1. The molecule has 23 heavy (non-hydrogen) atoms. The number of hydrogen-bond donors (Lipinski definition) is 1. The minimum Gasteiger partial charge on any atom is -0.396 e. The lowest BCUT2D eigenvalue weighted by Crippen LogP contribution is -2.31. The third kappa shape index (κ3) is 4.66. The summed E-state index contributed by atoms with van der Waals surface area (Å²) < 4.78 is 6.47. The van der Waals surface area contributed by atoms with Crippen LogP contribution in [0.25, 0.3) is 0 Å². The van der Waals surface area contributed by atoms with Gasteiger partial charge in [0.15, 0.2) is 0 Å². The molecule has 0 aromatic heterocycles. The number of unbranched alkanes of at least 4 members (excludes halogenated alkanes) is 3. The zero-order valence-electron chi connectivity index (χ0n) is 14.1. The summed E-state index contributed by atoms with van der Waals surface area (Å²) in [4.78, 5) is 0. The summed E-state index contributed by atoms with van der Waals surface area (Å²) >= 11 is 0. The van der Waals surface area contributed by atoms with Gasteiger partial charge in [-0.05, 0) is 30.4 Å². The molecular weight excluding hydrogens is 284 g/mol. The summed E-state index contributed by atoms with van der Waals surface area (Å²) in [5.41, 5.74) is 2.05. The predicted octanol–water partition coefficient (Wildman–Crippen LogP) is 4.91. The largest absolute Gasteiger partial charge is 0.396 e. The second-order valence-corrected chi connectivity index (χ2v) is 5.90. The van der Waals surface area contributed by atoms with Crippen molar-refractivity contribution in [3.8, 4) is 0 Å². The SMILES string of the molecule is CCC(OCCCCCCO)(c1ccccc1)c1ccccc1. The molecule has 0 aliphatic heterocycles. The van der Waals surface area contributed by atoms with E-state index in [1.54, 1.807) is 0 Å². The van der Waals surface area contributed by atoms with E-state index in [1.165, 1.54) is 11.1 Å². The van der Waals surface area contributed by atoms with Crippen molar-refractivity contribution in [2.75, 3.05) is 13.2 Å². The van der Waals surface area contributed by atoms with E-state index in [9.17, 15) is 0 Å². The van der Waals surface area contributed by atoms with Crippen molar-refractivity contribution in [2.45, 2.75) is 44.6 Å². The van der Waals surface area contributed by atoms with E-state index in [4.69, 9.17) is 9.84 Å². The first-order chi connectivity index (χ1) is 11.3. The van der Waals surface area contributed by atoms with Crippen LogP contribution < -0.4 is 0 Å². The average molecular weight is 312 g/mol. The fraction of sp³-hybridized carbons (Fsp3) is 0.429. The van der Waals surface area contributed by atoms with Crippen molar-refractivity contribution in [2.24, 2.45) is 0 Å². The van der Waals surface area contributed by atoms with E-state index >= 15 is 0 Å². The van der Waals surface area contributed by atoms with Crippen molar-refractivity contribution < 1.29 is 9.84 Å². The van der Waals surface area contributed by atoms with Gasteiger partial charge in [0.1, 0.15) is 5.60 Å². The first-order valence-electron chi connectivity index (χ1n) is 8.69. The molecule has 124 valence electrons. The first-order valence-corrected chi connectivity index (χ1v) is 8.69. The van der Waals surface area contributed by atoms with E-state index in [0.29, 0.717) is 0 Å². The highest BCUT2D eigenvalue weighted by atomic mass is 16.5. The molecule has 2 heteroatoms. The lowest BCUT2D eigenvalue weighted by molar-refractivity contribution is -0.0234. The number of rotatable bonds is 10. The summed E-state index contributed by atoms with van der Waals surface area (Å²) in [7, 11) is 0. The van der Waals surface area contributed by atoms with Gasteiger partial charge in [0.25, 0.3) is 0 Å². The monoisotopic (exact) mass is 312 g/mol. The lowest BCUT2D eigenvalue weighted by Gasteiger charge is -2.34. The Kier molecular flexibility index (Phi) is 7.31. The highest BCUT2D eigenvalue weighted by molar-refractivity contribution is 5.36. The van der Waals surface area contributed by atoms with Crippen LogP contribution in [0.5, 0.6) is 0 Å². The van der Waals surface area contributed by atoms with Crippen LogP contribution in [-0.4, -0.2) is 18.3 Å². The highest BCUT2D eigenvalue weighted by Crippen LogP contribution is 2.37. The molecule has 2 aromatic rings.